The highest BCUT2D eigenvalue weighted by molar-refractivity contribution is 5.93. The molecule has 158 valence electrons. The number of methoxy groups -OCH3 is 1. The summed E-state index contributed by atoms with van der Waals surface area (Å²) in [5.74, 6) is -7.73. The van der Waals surface area contributed by atoms with E-state index < -0.39 is 63.6 Å². The Hall–Kier alpha value is -2.91. The van der Waals surface area contributed by atoms with Crippen molar-refractivity contribution in [1.29, 1.82) is 0 Å². The minimum Gasteiger partial charge on any atom is -0.490 e. The predicted octanol–water partition coefficient (Wildman–Crippen LogP) is 5.88. The highest BCUT2D eigenvalue weighted by Gasteiger charge is 2.37. The van der Waals surface area contributed by atoms with Gasteiger partial charge in [-0.15, -0.1) is 0 Å². The van der Waals surface area contributed by atoms with E-state index in [1.807, 2.05) is 0 Å². The van der Waals surface area contributed by atoms with Gasteiger partial charge in [0.1, 0.15) is 22.7 Å². The van der Waals surface area contributed by atoms with E-state index in [1.54, 1.807) is 0 Å². The van der Waals surface area contributed by atoms with Crippen LogP contribution in [0.15, 0.2) is 24.3 Å². The normalized spacial score (nSPS) is 11.9. The Bertz CT molecular complexity index is 932. The summed E-state index contributed by atoms with van der Waals surface area (Å²) >= 11 is 0. The molecule has 0 saturated heterocycles. The summed E-state index contributed by atoms with van der Waals surface area (Å²) in [4.78, 5) is 12.3. The lowest BCUT2D eigenvalue weighted by molar-refractivity contribution is -0.140. The third-order valence-corrected chi connectivity index (χ3v) is 3.43. The lowest BCUT2D eigenvalue weighted by atomic mass is 10.1. The average molecular weight is 422 g/mol. The van der Waals surface area contributed by atoms with Gasteiger partial charge in [-0.25, -0.2) is 13.6 Å². The molecule has 0 aromatic heterocycles. The van der Waals surface area contributed by atoms with Gasteiger partial charge < -0.3 is 14.2 Å². The number of alkyl halides is 3. The summed E-state index contributed by atoms with van der Waals surface area (Å²) in [5, 5.41) is 0. The van der Waals surface area contributed by atoms with Crippen LogP contribution < -0.4 is 9.47 Å². The van der Waals surface area contributed by atoms with Gasteiger partial charge in [0, 0.05) is 0 Å². The van der Waals surface area contributed by atoms with Crippen LogP contribution in [0.1, 0.15) is 36.7 Å². The molecule has 2 aromatic carbocycles. The van der Waals surface area contributed by atoms with Gasteiger partial charge in [0.05, 0.1) is 12.7 Å². The molecule has 2 aromatic rings. The largest absolute Gasteiger partial charge is 0.490 e. The third kappa shape index (κ3) is 5.12. The Kier molecular flexibility index (Phi) is 6.05. The molecular formula is C19H16F6O4. The first-order chi connectivity index (χ1) is 13.2. The summed E-state index contributed by atoms with van der Waals surface area (Å²) in [6.07, 6.45) is -5.10. The molecule has 0 atom stereocenters. The van der Waals surface area contributed by atoms with Gasteiger partial charge in [-0.3, -0.25) is 0 Å². The minimum absolute atomic E-state index is 0.231. The average Bonchev–Trinajstić information content (AvgIpc) is 2.57. The number of halogens is 6. The molecule has 29 heavy (non-hydrogen) atoms. The van der Waals surface area contributed by atoms with Gasteiger partial charge in [-0.1, -0.05) is 0 Å². The first-order valence-corrected chi connectivity index (χ1v) is 8.08. The molecule has 0 radical (unpaired) electrons. The second-order valence-electron chi connectivity index (χ2n) is 6.82. The standard InChI is InChI=1S/C19H16F6O4/c1-18(2,3)29-17(26)9-7-12(21)10(19(23,24)25)8-14(9)28-13-6-5-11(20)15(22)16(13)27-4/h5-8H,1-4H3. The smallest absolute Gasteiger partial charge is 0.419 e. The highest BCUT2D eigenvalue weighted by Crippen LogP contribution is 2.40. The quantitative estimate of drug-likeness (QED) is 0.456. The van der Waals surface area contributed by atoms with Crippen molar-refractivity contribution >= 4 is 5.97 Å². The third-order valence-electron chi connectivity index (χ3n) is 3.43. The van der Waals surface area contributed by atoms with Crippen LogP contribution in [0.2, 0.25) is 0 Å². The molecule has 4 nitrogen and oxygen atoms in total. The molecule has 0 aliphatic rings. The van der Waals surface area contributed by atoms with E-state index >= 15 is 0 Å². The van der Waals surface area contributed by atoms with Crippen molar-refractivity contribution in [3.8, 4) is 17.2 Å². The molecule has 0 amide bonds. The minimum atomic E-state index is -5.10. The second-order valence-corrected chi connectivity index (χ2v) is 6.82. The van der Waals surface area contributed by atoms with Crippen molar-refractivity contribution < 1.29 is 45.3 Å². The van der Waals surface area contributed by atoms with Crippen molar-refractivity contribution in [3.05, 3.63) is 52.8 Å². The van der Waals surface area contributed by atoms with Gasteiger partial charge in [-0.05, 0) is 45.0 Å². The van der Waals surface area contributed by atoms with Crippen LogP contribution in [-0.2, 0) is 10.9 Å². The van der Waals surface area contributed by atoms with E-state index in [1.165, 1.54) is 20.8 Å². The number of esters is 1. The van der Waals surface area contributed by atoms with E-state index in [4.69, 9.17) is 9.47 Å². The molecule has 0 N–H and O–H groups in total. The van der Waals surface area contributed by atoms with Crippen molar-refractivity contribution in [3.63, 3.8) is 0 Å². The first-order valence-electron chi connectivity index (χ1n) is 8.08. The molecule has 0 heterocycles. The highest BCUT2D eigenvalue weighted by atomic mass is 19.4. The summed E-state index contributed by atoms with van der Waals surface area (Å²) in [5.41, 5.74) is -3.45. The fourth-order valence-corrected chi connectivity index (χ4v) is 2.25. The molecule has 0 aliphatic heterocycles. The van der Waals surface area contributed by atoms with Gasteiger partial charge in [0.25, 0.3) is 0 Å². The fourth-order valence-electron chi connectivity index (χ4n) is 2.25. The Morgan fingerprint density at radius 3 is 2.07 bits per heavy atom. The maximum absolute atomic E-state index is 14.0. The maximum Gasteiger partial charge on any atom is 0.419 e. The van der Waals surface area contributed by atoms with Crippen LogP contribution in [0.3, 0.4) is 0 Å². The van der Waals surface area contributed by atoms with E-state index in [2.05, 4.69) is 4.74 Å². The fraction of sp³-hybridized carbons (Fsp3) is 0.316. The van der Waals surface area contributed by atoms with Crippen LogP contribution >= 0.6 is 0 Å². The summed E-state index contributed by atoms with van der Waals surface area (Å²) in [6, 6.07) is 2.06. The van der Waals surface area contributed by atoms with Crippen molar-refractivity contribution in [1.82, 2.24) is 0 Å². The number of ether oxygens (including phenoxy) is 3. The summed E-state index contributed by atoms with van der Waals surface area (Å²) in [6.45, 7) is 4.47. The molecule has 0 unspecified atom stereocenters. The van der Waals surface area contributed by atoms with Gasteiger partial charge in [0.2, 0.25) is 11.6 Å². The lowest BCUT2D eigenvalue weighted by Gasteiger charge is -2.21. The summed E-state index contributed by atoms with van der Waals surface area (Å²) in [7, 11) is 0.977. The zero-order chi connectivity index (χ0) is 22.1. The first kappa shape index (κ1) is 22.4. The zero-order valence-corrected chi connectivity index (χ0v) is 15.7. The Balaban J connectivity index is 2.65. The molecule has 2 rings (SSSR count). The van der Waals surface area contributed by atoms with Crippen LogP contribution in [0.4, 0.5) is 26.3 Å². The van der Waals surface area contributed by atoms with Crippen LogP contribution in [0.5, 0.6) is 17.2 Å². The zero-order valence-electron chi connectivity index (χ0n) is 15.7. The monoisotopic (exact) mass is 422 g/mol. The summed E-state index contributed by atoms with van der Waals surface area (Å²) < 4.78 is 95.4. The van der Waals surface area contributed by atoms with Crippen molar-refractivity contribution in [2.24, 2.45) is 0 Å². The maximum atomic E-state index is 14.0. The molecule has 10 heteroatoms. The van der Waals surface area contributed by atoms with Crippen LogP contribution in [0, 0.1) is 17.5 Å². The van der Waals surface area contributed by atoms with Gasteiger partial charge in [-0.2, -0.15) is 17.6 Å². The van der Waals surface area contributed by atoms with E-state index in [0.717, 1.165) is 13.2 Å². The molecule has 0 fully saturated rings. The van der Waals surface area contributed by atoms with E-state index in [0.29, 0.717) is 12.1 Å². The number of benzene rings is 2. The number of hydrogen-bond donors (Lipinski definition) is 0. The number of rotatable bonds is 4. The lowest BCUT2D eigenvalue weighted by Crippen LogP contribution is -2.24. The molecular weight excluding hydrogens is 406 g/mol. The Morgan fingerprint density at radius 2 is 1.55 bits per heavy atom. The van der Waals surface area contributed by atoms with Crippen molar-refractivity contribution in [2.45, 2.75) is 32.5 Å². The van der Waals surface area contributed by atoms with Gasteiger partial charge in [0.15, 0.2) is 11.6 Å². The molecule has 0 aliphatic carbocycles. The number of hydrogen-bond acceptors (Lipinski definition) is 4. The topological polar surface area (TPSA) is 44.8 Å². The second kappa shape index (κ2) is 7.84. The predicted molar refractivity (Wildman–Crippen MR) is 89.6 cm³/mol. The SMILES string of the molecule is COc1c(Oc2cc(C(F)(F)F)c(F)cc2C(=O)OC(C)(C)C)ccc(F)c1F. The van der Waals surface area contributed by atoms with E-state index in [9.17, 15) is 31.1 Å². The molecule has 0 bridgehead atoms. The number of carbonyl (C=O) groups is 1. The van der Waals surface area contributed by atoms with Gasteiger partial charge >= 0.3 is 12.1 Å². The number of carbonyl (C=O) groups excluding carboxylic acids is 1. The molecule has 0 spiro atoms. The Labute approximate surface area is 162 Å². The van der Waals surface area contributed by atoms with E-state index in [-0.39, 0.29) is 6.07 Å². The van der Waals surface area contributed by atoms with Crippen LogP contribution in [-0.4, -0.2) is 18.7 Å². The molecule has 0 saturated carbocycles. The van der Waals surface area contributed by atoms with Crippen molar-refractivity contribution in [2.75, 3.05) is 7.11 Å². The van der Waals surface area contributed by atoms with Crippen LogP contribution in [0.25, 0.3) is 0 Å². The Morgan fingerprint density at radius 1 is 0.931 bits per heavy atom.